The highest BCUT2D eigenvalue weighted by Crippen LogP contribution is 2.23. The van der Waals surface area contributed by atoms with Gasteiger partial charge in [-0.25, -0.2) is 4.98 Å². The SMILES string of the molecule is Nc1cc2ncn(CCOc3ccc(Cc4ccccc4)cc3)c2cc1N. The lowest BCUT2D eigenvalue weighted by Crippen LogP contribution is -2.07. The van der Waals surface area contributed by atoms with Gasteiger partial charge in [-0.05, 0) is 41.8 Å². The second-order valence-corrected chi connectivity index (χ2v) is 6.56. The number of rotatable bonds is 6. The lowest BCUT2D eigenvalue weighted by Gasteiger charge is -2.09. The summed E-state index contributed by atoms with van der Waals surface area (Å²) in [6, 6.07) is 22.4. The summed E-state index contributed by atoms with van der Waals surface area (Å²) in [6.07, 6.45) is 2.71. The maximum Gasteiger partial charge on any atom is 0.119 e. The Morgan fingerprint density at radius 1 is 0.852 bits per heavy atom. The van der Waals surface area contributed by atoms with E-state index >= 15 is 0 Å². The average molecular weight is 358 g/mol. The molecule has 27 heavy (non-hydrogen) atoms. The van der Waals surface area contributed by atoms with Gasteiger partial charge >= 0.3 is 0 Å². The van der Waals surface area contributed by atoms with Crippen LogP contribution in [-0.2, 0) is 13.0 Å². The van der Waals surface area contributed by atoms with Gasteiger partial charge in [-0.3, -0.25) is 0 Å². The monoisotopic (exact) mass is 358 g/mol. The first-order valence-electron chi connectivity index (χ1n) is 8.94. The van der Waals surface area contributed by atoms with Crippen molar-refractivity contribution in [1.29, 1.82) is 0 Å². The molecular formula is C22H22N4O. The summed E-state index contributed by atoms with van der Waals surface area (Å²) in [5, 5.41) is 0. The molecule has 1 aromatic heterocycles. The Labute approximate surface area is 158 Å². The van der Waals surface area contributed by atoms with Gasteiger partial charge in [0, 0.05) is 0 Å². The van der Waals surface area contributed by atoms with Crippen molar-refractivity contribution in [2.75, 3.05) is 18.1 Å². The van der Waals surface area contributed by atoms with Gasteiger partial charge in [0.15, 0.2) is 0 Å². The van der Waals surface area contributed by atoms with Crippen molar-refractivity contribution in [2.45, 2.75) is 13.0 Å². The Morgan fingerprint density at radius 2 is 1.56 bits per heavy atom. The van der Waals surface area contributed by atoms with Crippen LogP contribution in [0.15, 0.2) is 73.1 Å². The summed E-state index contributed by atoms with van der Waals surface area (Å²) in [4.78, 5) is 4.37. The predicted octanol–water partition coefficient (Wildman–Crippen LogP) is 3.87. The van der Waals surface area contributed by atoms with Crippen LogP contribution in [0.4, 0.5) is 11.4 Å². The van der Waals surface area contributed by atoms with Gasteiger partial charge in [0.25, 0.3) is 0 Å². The lowest BCUT2D eigenvalue weighted by molar-refractivity contribution is 0.300. The Balaban J connectivity index is 1.36. The van der Waals surface area contributed by atoms with Crippen molar-refractivity contribution in [3.63, 3.8) is 0 Å². The molecule has 136 valence electrons. The standard InChI is InChI=1S/C22H22N4O/c23-19-13-21-22(14-20(19)24)26(15-25-21)10-11-27-18-8-6-17(7-9-18)12-16-4-2-1-3-5-16/h1-9,13-15H,10-12,23-24H2. The third-order valence-electron chi connectivity index (χ3n) is 4.60. The molecule has 0 saturated carbocycles. The minimum Gasteiger partial charge on any atom is -0.492 e. The molecule has 0 radical (unpaired) electrons. The van der Waals surface area contributed by atoms with E-state index in [0.717, 1.165) is 23.2 Å². The van der Waals surface area contributed by atoms with Crippen molar-refractivity contribution in [3.8, 4) is 5.75 Å². The summed E-state index contributed by atoms with van der Waals surface area (Å²) >= 11 is 0. The van der Waals surface area contributed by atoms with E-state index in [4.69, 9.17) is 16.2 Å². The average Bonchev–Trinajstić information content (AvgIpc) is 3.06. The molecule has 0 amide bonds. The highest BCUT2D eigenvalue weighted by atomic mass is 16.5. The number of hydrogen-bond acceptors (Lipinski definition) is 4. The predicted molar refractivity (Wildman–Crippen MR) is 110 cm³/mol. The highest BCUT2D eigenvalue weighted by Gasteiger charge is 2.06. The van der Waals surface area contributed by atoms with E-state index in [1.165, 1.54) is 11.1 Å². The van der Waals surface area contributed by atoms with Crippen LogP contribution < -0.4 is 16.2 Å². The van der Waals surface area contributed by atoms with Crippen molar-refractivity contribution in [3.05, 3.63) is 84.2 Å². The summed E-state index contributed by atoms with van der Waals surface area (Å²) in [6.45, 7) is 1.24. The van der Waals surface area contributed by atoms with E-state index in [0.29, 0.717) is 24.5 Å². The second-order valence-electron chi connectivity index (χ2n) is 6.56. The fourth-order valence-electron chi connectivity index (χ4n) is 3.11. The van der Waals surface area contributed by atoms with Crippen LogP contribution in [0.25, 0.3) is 11.0 Å². The Hall–Kier alpha value is -3.47. The molecule has 1 heterocycles. The Morgan fingerprint density at radius 3 is 2.33 bits per heavy atom. The molecule has 0 spiro atoms. The van der Waals surface area contributed by atoms with Crippen LogP contribution in [0.3, 0.4) is 0 Å². The highest BCUT2D eigenvalue weighted by molar-refractivity contribution is 5.86. The number of nitrogens with two attached hydrogens (primary N) is 2. The van der Waals surface area contributed by atoms with E-state index in [-0.39, 0.29) is 0 Å². The van der Waals surface area contributed by atoms with E-state index < -0.39 is 0 Å². The number of fused-ring (bicyclic) bond motifs is 1. The summed E-state index contributed by atoms with van der Waals surface area (Å²) in [5.41, 5.74) is 17.2. The summed E-state index contributed by atoms with van der Waals surface area (Å²) < 4.78 is 7.91. The number of benzene rings is 3. The van der Waals surface area contributed by atoms with Crippen LogP contribution in [0, 0.1) is 0 Å². The largest absolute Gasteiger partial charge is 0.492 e. The van der Waals surface area contributed by atoms with Gasteiger partial charge in [0.2, 0.25) is 0 Å². The van der Waals surface area contributed by atoms with Crippen molar-refractivity contribution >= 4 is 22.4 Å². The maximum absolute atomic E-state index is 5.91. The fourth-order valence-corrected chi connectivity index (χ4v) is 3.11. The first kappa shape index (κ1) is 17.0. The lowest BCUT2D eigenvalue weighted by atomic mass is 10.1. The molecule has 0 atom stereocenters. The zero-order valence-electron chi connectivity index (χ0n) is 15.0. The maximum atomic E-state index is 5.91. The minimum atomic E-state index is 0.549. The molecule has 0 unspecified atom stereocenters. The van der Waals surface area contributed by atoms with Gasteiger partial charge in [-0.1, -0.05) is 42.5 Å². The smallest absolute Gasteiger partial charge is 0.119 e. The topological polar surface area (TPSA) is 79.1 Å². The quantitative estimate of drug-likeness (QED) is 0.513. The van der Waals surface area contributed by atoms with Gasteiger partial charge in [0.05, 0.1) is 35.3 Å². The van der Waals surface area contributed by atoms with Crippen molar-refractivity contribution < 1.29 is 4.74 Å². The molecule has 4 aromatic rings. The number of aromatic nitrogens is 2. The molecule has 4 N–H and O–H groups in total. The summed E-state index contributed by atoms with van der Waals surface area (Å²) in [5.74, 6) is 0.861. The molecule has 0 saturated heterocycles. The number of nitrogens with zero attached hydrogens (tertiary/aromatic N) is 2. The molecule has 0 aliphatic carbocycles. The first-order chi connectivity index (χ1) is 13.2. The van der Waals surface area contributed by atoms with Gasteiger partial charge in [-0.2, -0.15) is 0 Å². The molecule has 3 aromatic carbocycles. The zero-order chi connectivity index (χ0) is 18.6. The van der Waals surface area contributed by atoms with Crippen LogP contribution >= 0.6 is 0 Å². The van der Waals surface area contributed by atoms with E-state index in [2.05, 4.69) is 41.4 Å². The van der Waals surface area contributed by atoms with E-state index in [1.807, 2.05) is 28.8 Å². The Bertz CT molecular complexity index is 1040. The second kappa shape index (κ2) is 7.41. The number of imidazole rings is 1. The van der Waals surface area contributed by atoms with E-state index in [9.17, 15) is 0 Å². The number of ether oxygens (including phenoxy) is 1. The third kappa shape index (κ3) is 3.87. The third-order valence-corrected chi connectivity index (χ3v) is 4.60. The fraction of sp³-hybridized carbons (Fsp3) is 0.136. The Kier molecular flexibility index (Phi) is 4.66. The molecule has 0 bridgehead atoms. The van der Waals surface area contributed by atoms with Gasteiger partial charge < -0.3 is 20.8 Å². The van der Waals surface area contributed by atoms with E-state index in [1.54, 1.807) is 12.4 Å². The first-order valence-corrected chi connectivity index (χ1v) is 8.94. The molecule has 4 rings (SSSR count). The molecule has 5 heteroatoms. The summed E-state index contributed by atoms with van der Waals surface area (Å²) in [7, 11) is 0. The minimum absolute atomic E-state index is 0.549. The normalized spacial score (nSPS) is 11.0. The molecule has 0 aliphatic heterocycles. The van der Waals surface area contributed by atoms with Crippen LogP contribution in [0.5, 0.6) is 5.75 Å². The number of hydrogen-bond donors (Lipinski definition) is 2. The van der Waals surface area contributed by atoms with Crippen LogP contribution in [-0.4, -0.2) is 16.2 Å². The molecule has 5 nitrogen and oxygen atoms in total. The van der Waals surface area contributed by atoms with Crippen molar-refractivity contribution in [1.82, 2.24) is 9.55 Å². The van der Waals surface area contributed by atoms with Crippen molar-refractivity contribution in [2.24, 2.45) is 0 Å². The number of anilines is 2. The van der Waals surface area contributed by atoms with Gasteiger partial charge in [-0.15, -0.1) is 0 Å². The molecular weight excluding hydrogens is 336 g/mol. The van der Waals surface area contributed by atoms with Crippen LogP contribution in [0.1, 0.15) is 11.1 Å². The van der Waals surface area contributed by atoms with Gasteiger partial charge in [0.1, 0.15) is 12.4 Å². The zero-order valence-corrected chi connectivity index (χ0v) is 15.0. The number of nitrogen functional groups attached to an aromatic ring is 2. The molecule has 0 aliphatic rings. The molecule has 0 fully saturated rings. The van der Waals surface area contributed by atoms with Crippen LogP contribution in [0.2, 0.25) is 0 Å².